The van der Waals surface area contributed by atoms with Crippen molar-refractivity contribution in [3.8, 4) is 17.2 Å². The van der Waals surface area contributed by atoms with E-state index in [0.717, 1.165) is 33.3 Å². The van der Waals surface area contributed by atoms with Crippen molar-refractivity contribution >= 4 is 29.8 Å². The molecule has 1 amide bonds. The van der Waals surface area contributed by atoms with Gasteiger partial charge < -0.3 is 43.2 Å². The summed E-state index contributed by atoms with van der Waals surface area (Å²) >= 11 is 0. The van der Waals surface area contributed by atoms with Crippen molar-refractivity contribution in [1.82, 2.24) is 5.32 Å². The van der Waals surface area contributed by atoms with Gasteiger partial charge in [0.2, 0.25) is 12.4 Å². The molecule has 244 valence electrons. The van der Waals surface area contributed by atoms with Gasteiger partial charge in [0.05, 0.1) is 25.8 Å². The molecule has 0 aliphatic carbocycles. The fraction of sp³-hybridized carbons (Fsp3) is 0.452. The third kappa shape index (κ3) is 9.57. The molecule has 1 saturated heterocycles. The molecule has 14 nitrogen and oxygen atoms in total. The van der Waals surface area contributed by atoms with Crippen LogP contribution in [0.2, 0.25) is 0 Å². The summed E-state index contributed by atoms with van der Waals surface area (Å²) in [4.78, 5) is 61.5. The molecular weight excluding hydrogens is 594 g/mol. The molecule has 0 bridgehead atoms. The average molecular weight is 632 g/mol. The molecule has 1 fully saturated rings. The van der Waals surface area contributed by atoms with Gasteiger partial charge in [0.15, 0.2) is 12.2 Å². The maximum Gasteiger partial charge on any atom is 0.303 e. The van der Waals surface area contributed by atoms with E-state index >= 15 is 0 Å². The second-order valence-corrected chi connectivity index (χ2v) is 10.0. The first-order valence-corrected chi connectivity index (χ1v) is 13.9. The van der Waals surface area contributed by atoms with E-state index in [0.29, 0.717) is 11.5 Å². The highest BCUT2D eigenvalue weighted by atomic mass is 16.7. The lowest BCUT2D eigenvalue weighted by atomic mass is 9.98. The van der Waals surface area contributed by atoms with Crippen molar-refractivity contribution in [1.29, 1.82) is 0 Å². The highest BCUT2D eigenvalue weighted by Gasteiger charge is 2.53. The Morgan fingerprint density at radius 2 is 1.31 bits per heavy atom. The van der Waals surface area contributed by atoms with Gasteiger partial charge >= 0.3 is 23.9 Å². The summed E-state index contributed by atoms with van der Waals surface area (Å²) < 4.78 is 44.1. The van der Waals surface area contributed by atoms with Crippen molar-refractivity contribution in [3.63, 3.8) is 0 Å². The number of nitrogens with one attached hydrogen (secondary N) is 1. The molecule has 0 spiro atoms. The van der Waals surface area contributed by atoms with Gasteiger partial charge in [-0.25, -0.2) is 0 Å². The average Bonchev–Trinajstić information content (AvgIpc) is 2.98. The van der Waals surface area contributed by atoms with E-state index in [4.69, 9.17) is 37.9 Å². The number of rotatable bonds is 12. The first-order chi connectivity index (χ1) is 21.3. The maximum atomic E-state index is 13.5. The van der Waals surface area contributed by atoms with Gasteiger partial charge in [-0.3, -0.25) is 24.0 Å². The number of hydrogen-bond donors (Lipinski definition) is 1. The highest BCUT2D eigenvalue weighted by Crippen LogP contribution is 2.34. The Hall–Kier alpha value is -4.85. The summed E-state index contributed by atoms with van der Waals surface area (Å²) in [6.45, 7) is 5.85. The molecule has 6 atom stereocenters. The summed E-state index contributed by atoms with van der Waals surface area (Å²) in [5.41, 5.74) is 0.865. The minimum atomic E-state index is -1.55. The second kappa shape index (κ2) is 15.7. The van der Waals surface area contributed by atoms with Gasteiger partial charge in [-0.05, 0) is 36.8 Å². The quantitative estimate of drug-likeness (QED) is 0.268. The standard InChI is InChI=1S/C31H37NO13/c1-16(21-8-10-22(38-6)11-9-21)32-30(37)24-13-12-23(39-7)14-25(24)44-31-29(43-20(5)36)28(42-19(4)35)27(41-18(3)34)26(45-31)15-40-17(2)33/h8-14,16,26-29,31H,15H2,1-7H3,(H,32,37)/t16-,26?,27?,28?,29?,31?/m0/s1. The molecule has 1 aliphatic heterocycles. The van der Waals surface area contributed by atoms with Crippen LogP contribution in [0.3, 0.4) is 0 Å². The van der Waals surface area contributed by atoms with E-state index in [9.17, 15) is 24.0 Å². The Balaban J connectivity index is 2.01. The number of methoxy groups -OCH3 is 2. The van der Waals surface area contributed by atoms with E-state index in [1.165, 1.54) is 19.2 Å². The molecule has 3 rings (SSSR count). The van der Waals surface area contributed by atoms with E-state index in [-0.39, 0.29) is 11.3 Å². The van der Waals surface area contributed by atoms with Crippen molar-refractivity contribution in [3.05, 3.63) is 53.6 Å². The van der Waals surface area contributed by atoms with E-state index in [1.807, 2.05) is 12.1 Å². The Kier molecular flexibility index (Phi) is 12.1. The van der Waals surface area contributed by atoms with Crippen LogP contribution in [0, 0.1) is 0 Å². The molecule has 0 aromatic heterocycles. The van der Waals surface area contributed by atoms with Crippen molar-refractivity contribution < 1.29 is 61.9 Å². The molecule has 2 aromatic rings. The molecule has 1 N–H and O–H groups in total. The topological polar surface area (TPSA) is 171 Å². The number of hydrogen-bond acceptors (Lipinski definition) is 13. The lowest BCUT2D eigenvalue weighted by Gasteiger charge is -2.44. The zero-order chi connectivity index (χ0) is 33.3. The van der Waals surface area contributed by atoms with Crippen molar-refractivity contribution in [2.24, 2.45) is 0 Å². The van der Waals surface area contributed by atoms with Crippen LogP contribution in [-0.4, -0.2) is 81.3 Å². The normalized spacial score (nSPS) is 21.4. The smallest absolute Gasteiger partial charge is 0.303 e. The van der Waals surface area contributed by atoms with Crippen LogP contribution in [0.5, 0.6) is 17.2 Å². The molecule has 2 aromatic carbocycles. The predicted octanol–water partition coefficient (Wildman–Crippen LogP) is 2.66. The third-order valence-electron chi connectivity index (χ3n) is 6.59. The van der Waals surface area contributed by atoms with Gasteiger partial charge in [0.25, 0.3) is 5.91 Å². The van der Waals surface area contributed by atoms with Crippen LogP contribution in [-0.2, 0) is 42.9 Å². The zero-order valence-corrected chi connectivity index (χ0v) is 26.0. The number of ether oxygens (including phenoxy) is 8. The Bertz CT molecular complexity index is 1380. The van der Waals surface area contributed by atoms with Gasteiger partial charge in [0.1, 0.15) is 30.0 Å². The van der Waals surface area contributed by atoms with E-state index in [2.05, 4.69) is 5.32 Å². The fourth-order valence-electron chi connectivity index (χ4n) is 4.57. The van der Waals surface area contributed by atoms with Crippen LogP contribution >= 0.6 is 0 Å². The SMILES string of the molecule is COc1ccc([C@H](C)NC(=O)c2ccc(OC)cc2OC2OC(COC(C)=O)C(OC(C)=O)C(OC(C)=O)C2OC(C)=O)cc1. The minimum Gasteiger partial charge on any atom is -0.497 e. The molecule has 1 heterocycles. The second-order valence-electron chi connectivity index (χ2n) is 10.0. The van der Waals surface area contributed by atoms with Crippen LogP contribution in [0.25, 0.3) is 0 Å². The molecule has 45 heavy (non-hydrogen) atoms. The fourth-order valence-corrected chi connectivity index (χ4v) is 4.57. The van der Waals surface area contributed by atoms with E-state index < -0.39 is 73.1 Å². The van der Waals surface area contributed by atoms with Crippen LogP contribution in [0.1, 0.15) is 56.6 Å². The summed E-state index contributed by atoms with van der Waals surface area (Å²) in [5.74, 6) is -2.63. The zero-order valence-electron chi connectivity index (χ0n) is 26.0. The van der Waals surface area contributed by atoms with E-state index in [1.54, 1.807) is 32.2 Å². The lowest BCUT2D eigenvalue weighted by Crippen LogP contribution is -2.63. The largest absolute Gasteiger partial charge is 0.497 e. The Labute approximate surface area is 260 Å². The summed E-state index contributed by atoms with van der Waals surface area (Å²) in [7, 11) is 2.97. The van der Waals surface area contributed by atoms with Gasteiger partial charge in [-0.15, -0.1) is 0 Å². The summed E-state index contributed by atoms with van der Waals surface area (Å²) in [6.07, 6.45) is -7.11. The number of carbonyl (C=O) groups excluding carboxylic acids is 5. The van der Waals surface area contributed by atoms with Gasteiger partial charge in [0, 0.05) is 33.8 Å². The summed E-state index contributed by atoms with van der Waals surface area (Å²) in [5, 5.41) is 2.90. The first kappa shape index (κ1) is 34.6. The Morgan fingerprint density at radius 3 is 1.87 bits per heavy atom. The molecule has 0 radical (unpaired) electrons. The van der Waals surface area contributed by atoms with Crippen LogP contribution < -0.4 is 19.5 Å². The summed E-state index contributed by atoms with van der Waals surface area (Å²) in [6, 6.07) is 11.2. The highest BCUT2D eigenvalue weighted by molar-refractivity contribution is 5.97. The molecule has 1 aliphatic rings. The first-order valence-electron chi connectivity index (χ1n) is 13.9. The van der Waals surface area contributed by atoms with Crippen molar-refractivity contribution in [2.75, 3.05) is 20.8 Å². The predicted molar refractivity (Wildman–Crippen MR) is 154 cm³/mol. The lowest BCUT2D eigenvalue weighted by molar-refractivity contribution is -0.288. The monoisotopic (exact) mass is 631 g/mol. The number of carbonyl (C=O) groups is 5. The molecule has 5 unspecified atom stereocenters. The maximum absolute atomic E-state index is 13.5. The number of esters is 4. The third-order valence-corrected chi connectivity index (χ3v) is 6.59. The van der Waals surface area contributed by atoms with Crippen LogP contribution in [0.15, 0.2) is 42.5 Å². The molecule has 0 saturated carbocycles. The minimum absolute atomic E-state index is 0.0466. The van der Waals surface area contributed by atoms with Crippen LogP contribution in [0.4, 0.5) is 0 Å². The molecular formula is C31H37NO13. The van der Waals surface area contributed by atoms with Crippen molar-refractivity contribution in [2.45, 2.75) is 71.4 Å². The number of benzene rings is 2. The Morgan fingerprint density at radius 1 is 0.756 bits per heavy atom. The van der Waals surface area contributed by atoms with Gasteiger partial charge in [-0.1, -0.05) is 12.1 Å². The molecule has 14 heteroatoms. The van der Waals surface area contributed by atoms with Gasteiger partial charge in [-0.2, -0.15) is 0 Å². The number of amides is 1.